The number of carbonyl (C=O) groups is 1. The van der Waals surface area contributed by atoms with Gasteiger partial charge in [0.15, 0.2) is 11.0 Å². The molecule has 2 aromatic heterocycles. The van der Waals surface area contributed by atoms with Gasteiger partial charge in [-0.3, -0.25) is 9.36 Å². The SMILES string of the molecule is O=C(C(Sc1nnc(-c2c[nH]c3ccccc23)n1C1CC1)c1ccccc1)N1CCOCC1. The van der Waals surface area contributed by atoms with E-state index in [9.17, 15) is 4.79 Å². The molecule has 1 saturated carbocycles. The summed E-state index contributed by atoms with van der Waals surface area (Å²) in [6.45, 7) is 2.42. The predicted molar refractivity (Wildman–Crippen MR) is 128 cm³/mol. The second kappa shape index (κ2) is 8.68. The number of fused-ring (bicyclic) bond motifs is 1. The highest BCUT2D eigenvalue weighted by Gasteiger charge is 2.35. The minimum Gasteiger partial charge on any atom is -0.378 e. The Balaban J connectivity index is 1.38. The van der Waals surface area contributed by atoms with E-state index in [2.05, 4.69) is 31.9 Å². The first kappa shape index (κ1) is 20.5. The van der Waals surface area contributed by atoms with Gasteiger partial charge in [-0.05, 0) is 24.5 Å². The Labute approximate surface area is 196 Å². The maximum atomic E-state index is 13.6. The Morgan fingerprint density at radius 3 is 2.58 bits per heavy atom. The Hall–Kier alpha value is -3.10. The minimum atomic E-state index is -0.373. The van der Waals surface area contributed by atoms with Gasteiger partial charge in [-0.1, -0.05) is 60.3 Å². The van der Waals surface area contributed by atoms with Gasteiger partial charge in [-0.2, -0.15) is 0 Å². The fraction of sp³-hybridized carbons (Fsp3) is 0.320. The van der Waals surface area contributed by atoms with Crippen LogP contribution in [0.4, 0.5) is 0 Å². The van der Waals surface area contributed by atoms with Gasteiger partial charge in [0, 0.05) is 41.8 Å². The van der Waals surface area contributed by atoms with E-state index in [-0.39, 0.29) is 11.2 Å². The molecule has 33 heavy (non-hydrogen) atoms. The molecule has 0 radical (unpaired) electrons. The van der Waals surface area contributed by atoms with Crippen molar-refractivity contribution in [2.75, 3.05) is 26.3 Å². The van der Waals surface area contributed by atoms with Crippen LogP contribution >= 0.6 is 11.8 Å². The molecule has 2 aromatic carbocycles. The predicted octanol–water partition coefficient (Wildman–Crippen LogP) is 4.45. The third-order valence-corrected chi connectivity index (χ3v) is 7.48. The van der Waals surface area contributed by atoms with E-state index >= 15 is 0 Å². The van der Waals surface area contributed by atoms with Crippen LogP contribution in [0.15, 0.2) is 66.0 Å². The van der Waals surface area contributed by atoms with Crippen LogP contribution in [0.25, 0.3) is 22.3 Å². The number of amides is 1. The van der Waals surface area contributed by atoms with Gasteiger partial charge in [0.2, 0.25) is 5.91 Å². The van der Waals surface area contributed by atoms with E-state index in [0.717, 1.165) is 45.9 Å². The van der Waals surface area contributed by atoms with Crippen LogP contribution in [-0.2, 0) is 9.53 Å². The number of rotatable bonds is 6. The van der Waals surface area contributed by atoms with Crippen LogP contribution in [0.3, 0.4) is 0 Å². The summed E-state index contributed by atoms with van der Waals surface area (Å²) in [6.07, 6.45) is 4.22. The van der Waals surface area contributed by atoms with Gasteiger partial charge in [0.25, 0.3) is 0 Å². The lowest BCUT2D eigenvalue weighted by atomic mass is 10.1. The van der Waals surface area contributed by atoms with Gasteiger partial charge in [0.1, 0.15) is 5.25 Å². The fourth-order valence-corrected chi connectivity index (χ4v) is 5.59. The normalized spacial score (nSPS) is 17.4. The number of benzene rings is 2. The molecular formula is C25H25N5O2S. The van der Waals surface area contributed by atoms with E-state index < -0.39 is 0 Å². The Morgan fingerprint density at radius 2 is 1.79 bits per heavy atom. The summed E-state index contributed by atoms with van der Waals surface area (Å²) in [5.74, 6) is 0.969. The summed E-state index contributed by atoms with van der Waals surface area (Å²) in [5.41, 5.74) is 3.11. The van der Waals surface area contributed by atoms with Crippen molar-refractivity contribution in [3.63, 3.8) is 0 Å². The molecule has 8 heteroatoms. The van der Waals surface area contributed by atoms with Crippen LogP contribution in [-0.4, -0.2) is 56.9 Å². The number of hydrogen-bond donors (Lipinski definition) is 1. The number of hydrogen-bond acceptors (Lipinski definition) is 5. The van der Waals surface area contributed by atoms with Crippen molar-refractivity contribution in [3.8, 4) is 11.4 Å². The first-order valence-corrected chi connectivity index (χ1v) is 12.3. The van der Waals surface area contributed by atoms with Gasteiger partial charge in [0.05, 0.1) is 13.2 Å². The van der Waals surface area contributed by atoms with Crippen LogP contribution in [0.2, 0.25) is 0 Å². The summed E-state index contributed by atoms with van der Waals surface area (Å²) in [4.78, 5) is 18.9. The summed E-state index contributed by atoms with van der Waals surface area (Å²) in [7, 11) is 0. The lowest BCUT2D eigenvalue weighted by molar-refractivity contribution is -0.134. The zero-order valence-corrected chi connectivity index (χ0v) is 19.0. The molecular weight excluding hydrogens is 434 g/mol. The molecule has 1 amide bonds. The topological polar surface area (TPSA) is 76.0 Å². The Kier molecular flexibility index (Phi) is 5.39. The standard InChI is InChI=1S/C25H25N5O2S/c31-24(29-12-14-32-15-13-29)22(17-6-2-1-3-7-17)33-25-28-27-23(30(25)18-10-11-18)20-16-26-21-9-5-4-8-19(20)21/h1-9,16,18,22,26H,10-15H2. The molecule has 168 valence electrons. The molecule has 7 nitrogen and oxygen atoms in total. The highest BCUT2D eigenvalue weighted by atomic mass is 32.2. The summed E-state index contributed by atoms with van der Waals surface area (Å²) < 4.78 is 7.70. The lowest BCUT2D eigenvalue weighted by Crippen LogP contribution is -2.42. The summed E-state index contributed by atoms with van der Waals surface area (Å²) >= 11 is 1.51. The Bertz CT molecular complexity index is 1270. The van der Waals surface area contributed by atoms with Crippen LogP contribution in [0.1, 0.15) is 29.7 Å². The molecule has 2 aliphatic rings. The quantitative estimate of drug-likeness (QED) is 0.431. The van der Waals surface area contributed by atoms with Crippen LogP contribution in [0.5, 0.6) is 0 Å². The zero-order chi connectivity index (χ0) is 22.2. The number of carbonyl (C=O) groups excluding carboxylic acids is 1. The third kappa shape index (κ3) is 3.94. The monoisotopic (exact) mass is 459 g/mol. The van der Waals surface area contributed by atoms with Crippen LogP contribution in [0, 0.1) is 0 Å². The fourth-order valence-electron chi connectivity index (χ4n) is 4.40. The molecule has 0 bridgehead atoms. The smallest absolute Gasteiger partial charge is 0.240 e. The lowest BCUT2D eigenvalue weighted by Gasteiger charge is -2.30. The first-order valence-electron chi connectivity index (χ1n) is 11.4. The number of thioether (sulfide) groups is 1. The molecule has 1 unspecified atom stereocenters. The van der Waals surface area contributed by atoms with E-state index in [0.29, 0.717) is 32.3 Å². The van der Waals surface area contributed by atoms with E-state index in [1.54, 1.807) is 0 Å². The number of para-hydroxylation sites is 1. The molecule has 1 N–H and O–H groups in total. The third-order valence-electron chi connectivity index (χ3n) is 6.28. The average molecular weight is 460 g/mol. The summed E-state index contributed by atoms with van der Waals surface area (Å²) in [6, 6.07) is 18.6. The van der Waals surface area contributed by atoms with Crippen molar-refractivity contribution in [2.45, 2.75) is 29.3 Å². The van der Waals surface area contributed by atoms with Crippen molar-refractivity contribution >= 4 is 28.6 Å². The summed E-state index contributed by atoms with van der Waals surface area (Å²) in [5, 5.41) is 10.8. The largest absolute Gasteiger partial charge is 0.378 e. The van der Waals surface area contributed by atoms with Gasteiger partial charge in [-0.25, -0.2) is 0 Å². The second-order valence-corrected chi connectivity index (χ2v) is 9.57. The number of aromatic nitrogens is 4. The van der Waals surface area contributed by atoms with E-state index in [1.807, 2.05) is 53.6 Å². The van der Waals surface area contributed by atoms with E-state index in [1.165, 1.54) is 11.8 Å². The number of nitrogens with one attached hydrogen (secondary N) is 1. The van der Waals surface area contributed by atoms with Crippen molar-refractivity contribution in [1.29, 1.82) is 0 Å². The highest BCUT2D eigenvalue weighted by molar-refractivity contribution is 8.00. The molecule has 3 heterocycles. The van der Waals surface area contributed by atoms with Gasteiger partial charge >= 0.3 is 0 Å². The second-order valence-electron chi connectivity index (χ2n) is 8.50. The molecule has 1 atom stereocenters. The zero-order valence-electron chi connectivity index (χ0n) is 18.2. The molecule has 1 saturated heterocycles. The molecule has 4 aromatic rings. The molecule has 6 rings (SSSR count). The van der Waals surface area contributed by atoms with Crippen molar-refractivity contribution in [2.24, 2.45) is 0 Å². The average Bonchev–Trinajstić information content (AvgIpc) is 3.49. The Morgan fingerprint density at radius 1 is 1.03 bits per heavy atom. The molecule has 1 aliphatic heterocycles. The molecule has 0 spiro atoms. The first-order chi connectivity index (χ1) is 16.3. The number of H-pyrrole nitrogens is 1. The van der Waals surface area contributed by atoms with Gasteiger partial charge < -0.3 is 14.6 Å². The van der Waals surface area contributed by atoms with Crippen LogP contribution < -0.4 is 0 Å². The molecule has 2 fully saturated rings. The number of ether oxygens (including phenoxy) is 1. The maximum Gasteiger partial charge on any atom is 0.240 e. The number of aromatic amines is 1. The number of nitrogens with zero attached hydrogens (tertiary/aromatic N) is 4. The van der Waals surface area contributed by atoms with Crippen molar-refractivity contribution in [3.05, 3.63) is 66.4 Å². The van der Waals surface area contributed by atoms with Gasteiger partial charge in [-0.15, -0.1) is 10.2 Å². The van der Waals surface area contributed by atoms with E-state index in [4.69, 9.17) is 4.74 Å². The minimum absolute atomic E-state index is 0.105. The maximum absolute atomic E-state index is 13.6. The number of morpholine rings is 1. The van der Waals surface area contributed by atoms with Crippen molar-refractivity contribution in [1.82, 2.24) is 24.6 Å². The van der Waals surface area contributed by atoms with Crippen molar-refractivity contribution < 1.29 is 9.53 Å². The molecule has 1 aliphatic carbocycles. The highest BCUT2D eigenvalue weighted by Crippen LogP contribution is 2.45.